The van der Waals surface area contributed by atoms with Crippen LogP contribution in [-0.4, -0.2) is 29.2 Å². The molecule has 1 N–H and O–H groups in total. The highest BCUT2D eigenvalue weighted by atomic mass is 32.2. The monoisotopic (exact) mass is 373 g/mol. The van der Waals surface area contributed by atoms with E-state index in [9.17, 15) is 17.2 Å². The van der Waals surface area contributed by atoms with Gasteiger partial charge in [0.2, 0.25) is 10.0 Å². The molecule has 2 aromatic rings. The Morgan fingerprint density at radius 2 is 1.68 bits per heavy atom. The number of hydrogen-bond donors (Lipinski definition) is 1. The van der Waals surface area contributed by atoms with Gasteiger partial charge in [-0.2, -0.15) is 8.78 Å². The molecule has 0 heterocycles. The summed E-state index contributed by atoms with van der Waals surface area (Å²) in [6.07, 6.45) is 0. The average molecular weight is 373 g/mol. The molecule has 0 fully saturated rings. The van der Waals surface area contributed by atoms with E-state index in [4.69, 9.17) is 9.47 Å². The molecule has 0 saturated carbocycles. The zero-order valence-corrected chi connectivity index (χ0v) is 14.3. The van der Waals surface area contributed by atoms with Crippen molar-refractivity contribution in [2.75, 3.05) is 14.2 Å². The number of rotatable bonds is 8. The zero-order chi connectivity index (χ0) is 18.4. The number of methoxy groups -OCH3 is 2. The topological polar surface area (TPSA) is 73.9 Å². The summed E-state index contributed by atoms with van der Waals surface area (Å²) in [5.74, 6) is 0.552. The van der Waals surface area contributed by atoms with Crippen LogP contribution in [0.15, 0.2) is 47.4 Å². The van der Waals surface area contributed by atoms with Crippen LogP contribution in [0.1, 0.15) is 5.56 Å². The fourth-order valence-electron chi connectivity index (χ4n) is 2.10. The normalized spacial score (nSPS) is 11.4. The Kier molecular flexibility index (Phi) is 6.16. The van der Waals surface area contributed by atoms with E-state index in [1.807, 2.05) is 0 Å². The van der Waals surface area contributed by atoms with E-state index >= 15 is 0 Å². The van der Waals surface area contributed by atoms with E-state index in [-0.39, 0.29) is 28.5 Å². The van der Waals surface area contributed by atoms with Gasteiger partial charge in [-0.25, -0.2) is 13.1 Å². The van der Waals surface area contributed by atoms with E-state index in [2.05, 4.69) is 9.46 Å². The van der Waals surface area contributed by atoms with Crippen LogP contribution >= 0.6 is 0 Å². The number of sulfonamides is 1. The summed E-state index contributed by atoms with van der Waals surface area (Å²) in [7, 11) is -1.07. The number of ether oxygens (including phenoxy) is 3. The van der Waals surface area contributed by atoms with Crippen molar-refractivity contribution in [2.45, 2.75) is 18.1 Å². The van der Waals surface area contributed by atoms with Crippen LogP contribution < -0.4 is 18.9 Å². The molecule has 0 aliphatic rings. The summed E-state index contributed by atoms with van der Waals surface area (Å²) in [4.78, 5) is -0.0441. The highest BCUT2D eigenvalue weighted by molar-refractivity contribution is 7.89. The molecule has 0 spiro atoms. The smallest absolute Gasteiger partial charge is 0.387 e. The van der Waals surface area contributed by atoms with E-state index in [1.165, 1.54) is 50.6 Å². The predicted molar refractivity (Wildman–Crippen MR) is 86.6 cm³/mol. The summed E-state index contributed by atoms with van der Waals surface area (Å²) >= 11 is 0. The third-order valence-corrected chi connectivity index (χ3v) is 4.71. The molecule has 0 amide bonds. The first kappa shape index (κ1) is 18.9. The lowest BCUT2D eigenvalue weighted by Crippen LogP contribution is -2.23. The molecular weight excluding hydrogens is 356 g/mol. The van der Waals surface area contributed by atoms with Crippen molar-refractivity contribution in [3.05, 3.63) is 48.0 Å². The maximum atomic E-state index is 12.4. The fourth-order valence-corrected chi connectivity index (χ4v) is 3.12. The third-order valence-electron chi connectivity index (χ3n) is 3.31. The first-order chi connectivity index (χ1) is 11.9. The van der Waals surface area contributed by atoms with Crippen molar-refractivity contribution in [1.29, 1.82) is 0 Å². The van der Waals surface area contributed by atoms with Gasteiger partial charge < -0.3 is 14.2 Å². The Bertz CT molecular complexity index is 827. The highest BCUT2D eigenvalue weighted by Gasteiger charge is 2.18. The Labute approximate surface area is 144 Å². The van der Waals surface area contributed by atoms with Crippen molar-refractivity contribution >= 4 is 10.0 Å². The number of benzene rings is 2. The minimum atomic E-state index is -3.89. The Hall–Kier alpha value is -2.39. The second-order valence-corrected chi connectivity index (χ2v) is 6.59. The largest absolute Gasteiger partial charge is 0.493 e. The molecule has 0 aromatic heterocycles. The first-order valence-electron chi connectivity index (χ1n) is 7.12. The maximum absolute atomic E-state index is 12.4. The van der Waals surface area contributed by atoms with Gasteiger partial charge in [0.25, 0.3) is 0 Å². The van der Waals surface area contributed by atoms with Gasteiger partial charge in [0.15, 0.2) is 11.5 Å². The standard InChI is InChI=1S/C16H17F2NO5S/c1-22-14-8-7-12(9-15(14)23-2)25(20,21)19-10-11-5-3-4-6-13(11)24-16(17)18/h3-9,16,19H,10H2,1-2H3. The Balaban J connectivity index is 2.20. The summed E-state index contributed by atoms with van der Waals surface area (Å²) in [5.41, 5.74) is 0.284. The molecule has 0 atom stereocenters. The minimum Gasteiger partial charge on any atom is -0.493 e. The lowest BCUT2D eigenvalue weighted by molar-refractivity contribution is -0.0504. The molecule has 0 bridgehead atoms. The van der Waals surface area contributed by atoms with Gasteiger partial charge in [0.1, 0.15) is 5.75 Å². The van der Waals surface area contributed by atoms with Gasteiger partial charge in [-0.3, -0.25) is 0 Å². The first-order valence-corrected chi connectivity index (χ1v) is 8.60. The lowest BCUT2D eigenvalue weighted by atomic mass is 10.2. The van der Waals surface area contributed by atoms with Crippen LogP contribution in [0.3, 0.4) is 0 Å². The van der Waals surface area contributed by atoms with Crippen molar-refractivity contribution in [3.63, 3.8) is 0 Å². The average Bonchev–Trinajstić information content (AvgIpc) is 2.60. The van der Waals surface area contributed by atoms with Gasteiger partial charge in [-0.15, -0.1) is 0 Å². The molecular formula is C16H17F2NO5S. The highest BCUT2D eigenvalue weighted by Crippen LogP contribution is 2.29. The Morgan fingerprint density at radius 1 is 1.00 bits per heavy atom. The number of alkyl halides is 2. The van der Waals surface area contributed by atoms with Gasteiger partial charge in [0.05, 0.1) is 19.1 Å². The molecule has 2 rings (SSSR count). The molecule has 136 valence electrons. The van der Waals surface area contributed by atoms with Crippen LogP contribution in [0.4, 0.5) is 8.78 Å². The van der Waals surface area contributed by atoms with Crippen LogP contribution in [-0.2, 0) is 16.6 Å². The summed E-state index contributed by atoms with van der Waals surface area (Å²) in [6.45, 7) is -3.21. The second kappa shape index (κ2) is 8.13. The van der Waals surface area contributed by atoms with Crippen molar-refractivity contribution < 1.29 is 31.4 Å². The molecule has 6 nitrogen and oxygen atoms in total. The van der Waals surface area contributed by atoms with E-state index in [0.717, 1.165) is 0 Å². The van der Waals surface area contributed by atoms with Gasteiger partial charge in [0, 0.05) is 18.2 Å². The maximum Gasteiger partial charge on any atom is 0.387 e. The summed E-state index contributed by atoms with van der Waals surface area (Å²) < 4.78 is 66.5. The minimum absolute atomic E-state index is 0.0441. The second-order valence-electron chi connectivity index (χ2n) is 4.83. The quantitative estimate of drug-likeness (QED) is 0.770. The molecule has 0 saturated heterocycles. The van der Waals surface area contributed by atoms with Crippen LogP contribution in [0.25, 0.3) is 0 Å². The third kappa shape index (κ3) is 4.80. The molecule has 0 aliphatic carbocycles. The Morgan fingerprint density at radius 3 is 2.32 bits per heavy atom. The number of nitrogens with one attached hydrogen (secondary N) is 1. The molecule has 0 aliphatic heterocycles. The molecule has 25 heavy (non-hydrogen) atoms. The SMILES string of the molecule is COc1ccc(S(=O)(=O)NCc2ccccc2OC(F)F)cc1OC. The van der Waals surface area contributed by atoms with Gasteiger partial charge in [-0.05, 0) is 18.2 Å². The number of hydrogen-bond acceptors (Lipinski definition) is 5. The summed E-state index contributed by atoms with van der Waals surface area (Å²) in [6, 6.07) is 10.1. The van der Waals surface area contributed by atoms with Crippen molar-refractivity contribution in [1.82, 2.24) is 4.72 Å². The van der Waals surface area contributed by atoms with Crippen LogP contribution in [0.5, 0.6) is 17.2 Å². The van der Waals surface area contributed by atoms with E-state index in [1.54, 1.807) is 6.07 Å². The van der Waals surface area contributed by atoms with Crippen molar-refractivity contribution in [3.8, 4) is 17.2 Å². The summed E-state index contributed by atoms with van der Waals surface area (Å²) in [5, 5.41) is 0. The molecule has 0 unspecified atom stereocenters. The van der Waals surface area contributed by atoms with Crippen LogP contribution in [0.2, 0.25) is 0 Å². The lowest BCUT2D eigenvalue weighted by Gasteiger charge is -2.13. The predicted octanol–water partition coefficient (Wildman–Crippen LogP) is 2.78. The van der Waals surface area contributed by atoms with Gasteiger partial charge >= 0.3 is 6.61 Å². The zero-order valence-electron chi connectivity index (χ0n) is 13.5. The van der Waals surface area contributed by atoms with Crippen molar-refractivity contribution in [2.24, 2.45) is 0 Å². The van der Waals surface area contributed by atoms with E-state index in [0.29, 0.717) is 5.75 Å². The fraction of sp³-hybridized carbons (Fsp3) is 0.250. The molecule has 2 aromatic carbocycles. The van der Waals surface area contributed by atoms with E-state index < -0.39 is 16.6 Å². The number of para-hydroxylation sites is 1. The van der Waals surface area contributed by atoms with Gasteiger partial charge in [-0.1, -0.05) is 18.2 Å². The number of halogens is 2. The van der Waals surface area contributed by atoms with Crippen LogP contribution in [0, 0.1) is 0 Å². The molecule has 0 radical (unpaired) electrons. The molecule has 9 heteroatoms.